The number of nitrogens with one attached hydrogen (secondary N) is 1. The van der Waals surface area contributed by atoms with E-state index in [1.54, 1.807) is 6.92 Å². The van der Waals surface area contributed by atoms with E-state index in [0.717, 1.165) is 0 Å². The van der Waals surface area contributed by atoms with Crippen LogP contribution in [0.25, 0.3) is 0 Å². The van der Waals surface area contributed by atoms with Crippen LogP contribution in [0.1, 0.15) is 6.92 Å². The first kappa shape index (κ1) is 17.1. The predicted octanol–water partition coefficient (Wildman–Crippen LogP) is 1.19. The summed E-state index contributed by atoms with van der Waals surface area (Å²) in [4.78, 5) is 23.3. The van der Waals surface area contributed by atoms with Gasteiger partial charge in [0.2, 0.25) is 0 Å². The lowest BCUT2D eigenvalue weighted by atomic mass is 10.2. The Hall–Kier alpha value is -1.99. The molecule has 0 aliphatic carbocycles. The molecule has 0 aliphatic rings. The van der Waals surface area contributed by atoms with Crippen LogP contribution in [0.3, 0.4) is 0 Å². The third-order valence-corrected chi connectivity index (χ3v) is 2.85. The number of nitrogens with two attached hydrogens (primary N) is 1. The van der Waals surface area contributed by atoms with Crippen LogP contribution in [-0.4, -0.2) is 38.7 Å². The highest BCUT2D eigenvalue weighted by Crippen LogP contribution is 2.35. The van der Waals surface area contributed by atoms with Gasteiger partial charge < -0.3 is 25.3 Å². The number of anilines is 1. The van der Waals surface area contributed by atoms with Crippen LogP contribution in [0.4, 0.5) is 5.69 Å². The van der Waals surface area contributed by atoms with Gasteiger partial charge in [0.05, 0.1) is 31.5 Å². The highest BCUT2D eigenvalue weighted by Gasteiger charge is 2.24. The molecular weight excluding hydrogens is 300 g/mol. The number of esters is 1. The number of ether oxygens (including phenoxy) is 3. The molecule has 1 rings (SSSR count). The van der Waals surface area contributed by atoms with Crippen LogP contribution in [0.2, 0.25) is 5.02 Å². The van der Waals surface area contributed by atoms with Gasteiger partial charge in [-0.2, -0.15) is 0 Å². The van der Waals surface area contributed by atoms with Gasteiger partial charge in [-0.1, -0.05) is 11.6 Å². The molecule has 1 unspecified atom stereocenters. The van der Waals surface area contributed by atoms with Gasteiger partial charge in [-0.25, -0.2) is 4.79 Å². The van der Waals surface area contributed by atoms with Crippen LogP contribution < -0.4 is 20.5 Å². The number of hydrogen-bond donors (Lipinski definition) is 2. The van der Waals surface area contributed by atoms with Gasteiger partial charge in [-0.3, -0.25) is 4.79 Å². The second-order valence-electron chi connectivity index (χ2n) is 3.91. The largest absolute Gasteiger partial charge is 0.495 e. The van der Waals surface area contributed by atoms with E-state index in [4.69, 9.17) is 26.8 Å². The predicted molar refractivity (Wildman–Crippen MR) is 77.8 cm³/mol. The van der Waals surface area contributed by atoms with Crippen molar-refractivity contribution in [2.75, 3.05) is 26.1 Å². The highest BCUT2D eigenvalue weighted by molar-refractivity contribution is 6.32. The van der Waals surface area contributed by atoms with Gasteiger partial charge in [-0.05, 0) is 6.92 Å². The van der Waals surface area contributed by atoms with Crippen molar-refractivity contribution in [2.45, 2.75) is 13.0 Å². The molecule has 1 atom stereocenters. The summed E-state index contributed by atoms with van der Waals surface area (Å²) in [5.74, 6) is -0.881. The van der Waals surface area contributed by atoms with Crippen LogP contribution in [-0.2, 0) is 14.3 Å². The Kier molecular flexibility index (Phi) is 6.26. The van der Waals surface area contributed by atoms with E-state index in [2.05, 4.69) is 10.1 Å². The number of carbonyl (C=O) groups excluding carboxylic acids is 2. The van der Waals surface area contributed by atoms with E-state index in [-0.39, 0.29) is 12.3 Å². The molecule has 7 nitrogen and oxygen atoms in total. The standard InChI is InChI=1S/C13H17ClN2O5/c1-4-21-13(18)11(15)12(17)16-8-6-9(19-2)7(14)5-10(8)20-3/h5-6,11H,4,15H2,1-3H3,(H,16,17). The second-order valence-corrected chi connectivity index (χ2v) is 4.31. The molecule has 1 amide bonds. The van der Waals surface area contributed by atoms with Gasteiger partial charge >= 0.3 is 5.97 Å². The van der Waals surface area contributed by atoms with E-state index in [9.17, 15) is 9.59 Å². The molecule has 1 aromatic rings. The lowest BCUT2D eigenvalue weighted by Crippen LogP contribution is -2.43. The van der Waals surface area contributed by atoms with Crippen molar-refractivity contribution in [3.8, 4) is 11.5 Å². The number of amides is 1. The SMILES string of the molecule is CCOC(=O)C(N)C(=O)Nc1cc(OC)c(Cl)cc1OC. The Bertz CT molecular complexity index is 536. The molecule has 1 aromatic carbocycles. The smallest absolute Gasteiger partial charge is 0.332 e. The molecule has 0 heterocycles. The average Bonchev–Trinajstić information content (AvgIpc) is 2.47. The highest BCUT2D eigenvalue weighted by atomic mass is 35.5. The van der Waals surface area contributed by atoms with Gasteiger partial charge in [0, 0.05) is 12.1 Å². The van der Waals surface area contributed by atoms with Crippen molar-refractivity contribution in [3.05, 3.63) is 17.2 Å². The Morgan fingerprint density at radius 1 is 1.29 bits per heavy atom. The molecule has 0 spiro atoms. The monoisotopic (exact) mass is 316 g/mol. The summed E-state index contributed by atoms with van der Waals surface area (Å²) in [5, 5.41) is 2.80. The summed E-state index contributed by atoms with van der Waals surface area (Å²) in [5.41, 5.74) is 5.78. The quantitative estimate of drug-likeness (QED) is 0.604. The molecule has 0 aliphatic heterocycles. The van der Waals surface area contributed by atoms with Crippen molar-refractivity contribution in [1.29, 1.82) is 0 Å². The van der Waals surface area contributed by atoms with Gasteiger partial charge in [0.25, 0.3) is 5.91 Å². The second kappa shape index (κ2) is 7.70. The molecule has 0 bridgehead atoms. The number of methoxy groups -OCH3 is 2. The van der Waals surface area contributed by atoms with Crippen molar-refractivity contribution < 1.29 is 23.8 Å². The Balaban J connectivity index is 2.96. The zero-order valence-electron chi connectivity index (χ0n) is 11.9. The number of hydrogen-bond acceptors (Lipinski definition) is 6. The minimum absolute atomic E-state index is 0.137. The van der Waals surface area contributed by atoms with E-state index in [1.165, 1.54) is 26.4 Å². The number of benzene rings is 1. The first-order valence-electron chi connectivity index (χ1n) is 6.09. The third-order valence-electron chi connectivity index (χ3n) is 2.55. The Labute approximate surface area is 127 Å². The summed E-state index contributed by atoms with van der Waals surface area (Å²) in [7, 11) is 2.85. The summed E-state index contributed by atoms with van der Waals surface area (Å²) >= 11 is 5.95. The first-order valence-corrected chi connectivity index (χ1v) is 6.47. The van der Waals surface area contributed by atoms with Gasteiger partial charge in [0.15, 0.2) is 6.04 Å². The normalized spacial score (nSPS) is 11.5. The van der Waals surface area contributed by atoms with Gasteiger partial charge in [-0.15, -0.1) is 0 Å². The lowest BCUT2D eigenvalue weighted by Gasteiger charge is -2.15. The topological polar surface area (TPSA) is 99.9 Å². The molecule has 0 saturated heterocycles. The number of halogens is 1. The summed E-state index contributed by atoms with van der Waals surface area (Å²) < 4.78 is 14.8. The summed E-state index contributed by atoms with van der Waals surface area (Å²) in [6.45, 7) is 1.76. The van der Waals surface area contributed by atoms with Crippen LogP contribution in [0.5, 0.6) is 11.5 Å². The van der Waals surface area contributed by atoms with Crippen LogP contribution in [0, 0.1) is 0 Å². The molecule has 0 aromatic heterocycles. The zero-order chi connectivity index (χ0) is 16.0. The lowest BCUT2D eigenvalue weighted by molar-refractivity contribution is -0.146. The average molecular weight is 317 g/mol. The molecule has 116 valence electrons. The van der Waals surface area contributed by atoms with E-state index in [1.807, 2.05) is 0 Å². The van der Waals surface area contributed by atoms with Crippen molar-refractivity contribution >= 4 is 29.2 Å². The van der Waals surface area contributed by atoms with Crippen LogP contribution >= 0.6 is 11.6 Å². The molecule has 0 saturated carbocycles. The maximum absolute atomic E-state index is 11.9. The van der Waals surface area contributed by atoms with Crippen molar-refractivity contribution in [2.24, 2.45) is 5.73 Å². The summed E-state index contributed by atoms with van der Waals surface area (Å²) in [6, 6.07) is 1.51. The number of rotatable bonds is 6. The molecule has 0 radical (unpaired) electrons. The van der Waals surface area contributed by atoms with Crippen molar-refractivity contribution in [3.63, 3.8) is 0 Å². The molecular formula is C13H17ClN2O5. The Morgan fingerprint density at radius 2 is 1.90 bits per heavy atom. The Morgan fingerprint density at radius 3 is 2.43 bits per heavy atom. The maximum atomic E-state index is 11.9. The fourth-order valence-electron chi connectivity index (χ4n) is 1.51. The molecule has 0 fully saturated rings. The molecule has 3 N–H and O–H groups in total. The number of carbonyl (C=O) groups is 2. The maximum Gasteiger partial charge on any atom is 0.332 e. The fourth-order valence-corrected chi connectivity index (χ4v) is 1.74. The van der Waals surface area contributed by atoms with Gasteiger partial charge in [0.1, 0.15) is 11.5 Å². The molecule has 8 heteroatoms. The third kappa shape index (κ3) is 4.24. The summed E-state index contributed by atoms with van der Waals surface area (Å²) in [6.07, 6.45) is 0. The minimum Gasteiger partial charge on any atom is -0.495 e. The van der Waals surface area contributed by atoms with Crippen molar-refractivity contribution in [1.82, 2.24) is 0 Å². The van der Waals surface area contributed by atoms with E-state index >= 15 is 0 Å². The first-order chi connectivity index (χ1) is 9.94. The van der Waals surface area contributed by atoms with E-state index in [0.29, 0.717) is 16.5 Å². The van der Waals surface area contributed by atoms with Crippen LogP contribution in [0.15, 0.2) is 12.1 Å². The van der Waals surface area contributed by atoms with E-state index < -0.39 is 17.9 Å². The zero-order valence-corrected chi connectivity index (χ0v) is 12.7. The fraction of sp³-hybridized carbons (Fsp3) is 0.385. The minimum atomic E-state index is -1.43. The molecule has 21 heavy (non-hydrogen) atoms.